The van der Waals surface area contributed by atoms with Gasteiger partial charge >= 0.3 is 0 Å². The number of imidazole rings is 1. The van der Waals surface area contributed by atoms with Crippen molar-refractivity contribution < 1.29 is 0 Å². The summed E-state index contributed by atoms with van der Waals surface area (Å²) in [6.45, 7) is 13.1. The van der Waals surface area contributed by atoms with Crippen LogP contribution in [0.2, 0.25) is 0 Å². The summed E-state index contributed by atoms with van der Waals surface area (Å²) in [4.78, 5) is 8.92. The fourth-order valence-corrected chi connectivity index (χ4v) is 1.99. The number of aromatic nitrogens is 4. The standard InChI is InChI=1S/C13H20N4/c1-12(2,3)9-10(13(4,5)6)17-11(16-9)14-7-8-15-17/h7-8H,1-6H3. The van der Waals surface area contributed by atoms with Gasteiger partial charge in [-0.25, -0.2) is 14.5 Å². The third-order valence-corrected chi connectivity index (χ3v) is 2.70. The van der Waals surface area contributed by atoms with Gasteiger partial charge in [0.1, 0.15) is 0 Å². The number of rotatable bonds is 0. The molecule has 0 unspecified atom stereocenters. The van der Waals surface area contributed by atoms with E-state index < -0.39 is 0 Å². The molecule has 0 N–H and O–H groups in total. The van der Waals surface area contributed by atoms with E-state index in [0.717, 1.165) is 11.4 Å². The average Bonchev–Trinajstić information content (AvgIpc) is 2.54. The highest BCUT2D eigenvalue weighted by molar-refractivity contribution is 5.39. The summed E-state index contributed by atoms with van der Waals surface area (Å²) in [5, 5.41) is 4.37. The second-order valence-electron chi connectivity index (χ2n) is 6.46. The first-order valence-corrected chi connectivity index (χ1v) is 5.92. The molecule has 0 fully saturated rings. The summed E-state index contributed by atoms with van der Waals surface area (Å²) in [5.41, 5.74) is 2.22. The van der Waals surface area contributed by atoms with Crippen LogP contribution in [0, 0.1) is 0 Å². The van der Waals surface area contributed by atoms with Crippen molar-refractivity contribution in [2.75, 3.05) is 0 Å². The number of fused-ring (bicyclic) bond motifs is 1. The molecule has 92 valence electrons. The molecule has 0 aromatic carbocycles. The lowest BCUT2D eigenvalue weighted by Gasteiger charge is -2.24. The maximum atomic E-state index is 4.64. The van der Waals surface area contributed by atoms with Crippen LogP contribution >= 0.6 is 0 Å². The van der Waals surface area contributed by atoms with Crippen LogP contribution in [0.5, 0.6) is 0 Å². The maximum Gasteiger partial charge on any atom is 0.251 e. The Morgan fingerprint density at radius 2 is 1.59 bits per heavy atom. The quantitative estimate of drug-likeness (QED) is 0.701. The van der Waals surface area contributed by atoms with E-state index in [1.165, 1.54) is 0 Å². The Hall–Kier alpha value is -1.45. The van der Waals surface area contributed by atoms with Crippen molar-refractivity contribution in [3.05, 3.63) is 23.8 Å². The van der Waals surface area contributed by atoms with Gasteiger partial charge in [0.15, 0.2) is 0 Å². The van der Waals surface area contributed by atoms with Crippen molar-refractivity contribution in [2.45, 2.75) is 52.4 Å². The summed E-state index contributed by atoms with van der Waals surface area (Å²) in [7, 11) is 0. The van der Waals surface area contributed by atoms with Gasteiger partial charge < -0.3 is 0 Å². The smallest absolute Gasteiger partial charge is 0.218 e. The van der Waals surface area contributed by atoms with Crippen LogP contribution in [0.3, 0.4) is 0 Å². The van der Waals surface area contributed by atoms with E-state index in [-0.39, 0.29) is 10.8 Å². The zero-order valence-electron chi connectivity index (χ0n) is 11.4. The first-order chi connectivity index (χ1) is 7.71. The summed E-state index contributed by atoms with van der Waals surface area (Å²) < 4.78 is 1.86. The second kappa shape index (κ2) is 3.52. The lowest BCUT2D eigenvalue weighted by atomic mass is 9.82. The second-order valence-corrected chi connectivity index (χ2v) is 6.46. The molecule has 2 aromatic rings. The Morgan fingerprint density at radius 1 is 0.941 bits per heavy atom. The Balaban J connectivity index is 2.84. The molecule has 0 bridgehead atoms. The molecule has 0 radical (unpaired) electrons. The summed E-state index contributed by atoms with van der Waals surface area (Å²) >= 11 is 0. The van der Waals surface area contributed by atoms with Gasteiger partial charge in [-0.15, -0.1) is 0 Å². The highest BCUT2D eigenvalue weighted by Crippen LogP contribution is 2.33. The van der Waals surface area contributed by atoms with Crippen molar-refractivity contribution in [3.63, 3.8) is 0 Å². The summed E-state index contributed by atoms with van der Waals surface area (Å²) in [6, 6.07) is 0. The van der Waals surface area contributed by atoms with Gasteiger partial charge in [0.25, 0.3) is 5.78 Å². The zero-order valence-corrected chi connectivity index (χ0v) is 11.4. The van der Waals surface area contributed by atoms with Gasteiger partial charge in [-0.05, 0) is 0 Å². The topological polar surface area (TPSA) is 43.1 Å². The van der Waals surface area contributed by atoms with Crippen LogP contribution in [0.15, 0.2) is 12.4 Å². The minimum absolute atomic E-state index is 0.00192. The van der Waals surface area contributed by atoms with E-state index in [0.29, 0.717) is 5.78 Å². The van der Waals surface area contributed by atoms with E-state index >= 15 is 0 Å². The van der Waals surface area contributed by atoms with E-state index in [9.17, 15) is 0 Å². The van der Waals surface area contributed by atoms with Crippen molar-refractivity contribution >= 4 is 5.78 Å². The summed E-state index contributed by atoms with van der Waals surface area (Å²) in [5.74, 6) is 0.683. The molecule has 2 rings (SSSR count). The van der Waals surface area contributed by atoms with Crippen molar-refractivity contribution in [1.82, 2.24) is 19.6 Å². The fraction of sp³-hybridized carbons (Fsp3) is 0.615. The molecule has 0 aliphatic carbocycles. The average molecular weight is 232 g/mol. The van der Waals surface area contributed by atoms with Gasteiger partial charge in [0.05, 0.1) is 23.8 Å². The molecular weight excluding hydrogens is 212 g/mol. The van der Waals surface area contributed by atoms with Crippen LogP contribution in [0.25, 0.3) is 5.78 Å². The van der Waals surface area contributed by atoms with Crippen molar-refractivity contribution in [2.24, 2.45) is 0 Å². The van der Waals surface area contributed by atoms with Crippen molar-refractivity contribution in [3.8, 4) is 0 Å². The molecule has 0 amide bonds. The van der Waals surface area contributed by atoms with E-state index in [4.69, 9.17) is 0 Å². The highest BCUT2D eigenvalue weighted by Gasteiger charge is 2.31. The third kappa shape index (κ3) is 2.04. The van der Waals surface area contributed by atoms with Gasteiger partial charge in [0.2, 0.25) is 0 Å². The van der Waals surface area contributed by atoms with Crippen LogP contribution in [-0.2, 0) is 10.8 Å². The number of nitrogens with zero attached hydrogens (tertiary/aromatic N) is 4. The lowest BCUT2D eigenvalue weighted by molar-refractivity contribution is 0.499. The molecule has 0 aliphatic rings. The van der Waals surface area contributed by atoms with Gasteiger partial charge in [-0.2, -0.15) is 5.10 Å². The number of hydrogen-bond donors (Lipinski definition) is 0. The predicted octanol–water partition coefficient (Wildman–Crippen LogP) is 2.72. The van der Waals surface area contributed by atoms with Gasteiger partial charge in [0, 0.05) is 10.8 Å². The van der Waals surface area contributed by atoms with Crippen LogP contribution in [0.4, 0.5) is 0 Å². The Labute approximate surface area is 102 Å². The van der Waals surface area contributed by atoms with E-state index in [1.54, 1.807) is 12.4 Å². The third-order valence-electron chi connectivity index (χ3n) is 2.70. The first-order valence-electron chi connectivity index (χ1n) is 5.92. The first kappa shape index (κ1) is 12.0. The molecule has 17 heavy (non-hydrogen) atoms. The SMILES string of the molecule is CC(C)(C)c1nc2nccnn2c1C(C)(C)C. The minimum atomic E-state index is -0.00199. The minimum Gasteiger partial charge on any atom is -0.218 e. The van der Waals surface area contributed by atoms with E-state index in [1.807, 2.05) is 4.52 Å². The number of hydrogen-bond acceptors (Lipinski definition) is 3. The van der Waals surface area contributed by atoms with Crippen LogP contribution in [0.1, 0.15) is 52.9 Å². The molecule has 4 nitrogen and oxygen atoms in total. The van der Waals surface area contributed by atoms with Crippen LogP contribution in [-0.4, -0.2) is 19.6 Å². The largest absolute Gasteiger partial charge is 0.251 e. The zero-order chi connectivity index (χ0) is 12.8. The van der Waals surface area contributed by atoms with Crippen LogP contribution < -0.4 is 0 Å². The lowest BCUT2D eigenvalue weighted by Crippen LogP contribution is -2.23. The molecule has 0 spiro atoms. The Bertz CT molecular complexity index is 541. The predicted molar refractivity (Wildman–Crippen MR) is 68.2 cm³/mol. The normalized spacial score (nSPS) is 13.3. The molecule has 0 saturated carbocycles. The monoisotopic (exact) mass is 232 g/mol. The molecule has 2 aromatic heterocycles. The van der Waals surface area contributed by atoms with E-state index in [2.05, 4.69) is 56.6 Å². The molecule has 2 heterocycles. The maximum absolute atomic E-state index is 4.64. The fourth-order valence-electron chi connectivity index (χ4n) is 1.99. The molecule has 0 atom stereocenters. The molecule has 0 aliphatic heterocycles. The summed E-state index contributed by atoms with van der Waals surface area (Å²) in [6.07, 6.45) is 3.39. The highest BCUT2D eigenvalue weighted by atomic mass is 15.3. The van der Waals surface area contributed by atoms with Gasteiger partial charge in [-0.3, -0.25) is 0 Å². The van der Waals surface area contributed by atoms with Crippen molar-refractivity contribution in [1.29, 1.82) is 0 Å². The molecule has 0 saturated heterocycles. The Kier molecular flexibility index (Phi) is 2.49. The van der Waals surface area contributed by atoms with Gasteiger partial charge in [-0.1, -0.05) is 41.5 Å². The Morgan fingerprint density at radius 3 is 2.12 bits per heavy atom. The molecular formula is C13H20N4. The molecule has 4 heteroatoms.